The maximum absolute atomic E-state index is 15.1. The van der Waals surface area contributed by atoms with E-state index in [1.165, 1.54) is 0 Å². The first-order valence-electron chi connectivity index (χ1n) is 17.3. The van der Waals surface area contributed by atoms with E-state index >= 15 is 26.3 Å². The standard InChI is InChI=1S/3C8H4F13.C7H4N.Sn/c3*1-2-3(9,10)4(11,12)5(13,14)6(15,16)7(17,18)8(19,20)21;8-6-7-4-2-1-3-5-7;/h3*1-2H2;2-5H;. The zero-order valence-corrected chi connectivity index (χ0v) is 35.6. The Labute approximate surface area is 374 Å². The van der Waals surface area contributed by atoms with Gasteiger partial charge in [0.2, 0.25) is 0 Å². The quantitative estimate of drug-likeness (QED) is 0.0838. The molecular formula is C31H16F39NSn. The molecule has 0 fully saturated rings. The molecule has 0 N–H and O–H groups in total. The summed E-state index contributed by atoms with van der Waals surface area (Å²) in [5.41, 5.74) is -1.06. The molecule has 422 valence electrons. The molecule has 1 rings (SSSR count). The van der Waals surface area contributed by atoms with E-state index in [2.05, 4.69) is 0 Å². The summed E-state index contributed by atoms with van der Waals surface area (Å²) in [6.45, 7) is 0. The van der Waals surface area contributed by atoms with Crippen LogP contribution in [0.5, 0.6) is 0 Å². The minimum atomic E-state index is -8.90. The van der Waals surface area contributed by atoms with Gasteiger partial charge in [-0.2, -0.15) is 0 Å². The number of nitriles is 1. The summed E-state index contributed by atoms with van der Waals surface area (Å²) >= 11 is -8.28. The van der Waals surface area contributed by atoms with E-state index in [1.807, 2.05) is 0 Å². The summed E-state index contributed by atoms with van der Waals surface area (Å²) in [7, 11) is 0. The third-order valence-corrected chi connectivity index (χ3v) is 25.2. The van der Waals surface area contributed by atoms with Crippen molar-refractivity contribution in [3.05, 3.63) is 29.8 Å². The Morgan fingerprint density at radius 2 is 0.458 bits per heavy atom. The Bertz CT molecular complexity index is 1890. The van der Waals surface area contributed by atoms with Crippen molar-refractivity contribution in [1.82, 2.24) is 0 Å². The Hall–Kier alpha value is -3.22. The van der Waals surface area contributed by atoms with E-state index in [0.717, 1.165) is 6.07 Å². The number of benzene rings is 1. The molecule has 0 bridgehead atoms. The van der Waals surface area contributed by atoms with Crippen LogP contribution in [-0.2, 0) is 0 Å². The molecule has 0 saturated heterocycles. The predicted octanol–water partition coefficient (Wildman–Crippen LogP) is 15.6. The second-order valence-corrected chi connectivity index (χ2v) is 28.2. The topological polar surface area (TPSA) is 23.8 Å². The average molecular weight is 1260 g/mol. The van der Waals surface area contributed by atoms with Crippen molar-refractivity contribution in [2.75, 3.05) is 0 Å². The van der Waals surface area contributed by atoms with Gasteiger partial charge in [-0.05, 0) is 0 Å². The SMILES string of the molecule is N#Cc1cc[c]([Sn]([CH2]CC(F)(F)C(F)(F)C(F)(F)C(F)(F)C(F)(F)C(F)(F)F)([CH2]CC(F)(F)C(F)(F)C(F)(F)C(F)(F)C(F)(F)C(F)(F)F)[CH2]CC(F)(F)C(F)(F)C(F)(F)C(F)(F)C(F)(F)C(F)(F)F)cc1. The summed E-state index contributed by atoms with van der Waals surface area (Å²) < 4.78 is 528. The normalized spacial score (nSPS) is 16.3. The van der Waals surface area contributed by atoms with Gasteiger partial charge < -0.3 is 0 Å². The van der Waals surface area contributed by atoms with E-state index in [-0.39, 0.29) is 24.3 Å². The van der Waals surface area contributed by atoms with Gasteiger partial charge in [-0.1, -0.05) is 0 Å². The van der Waals surface area contributed by atoms with Crippen molar-refractivity contribution >= 4 is 22.0 Å². The first kappa shape index (κ1) is 66.8. The van der Waals surface area contributed by atoms with E-state index in [9.17, 15) is 145 Å². The molecule has 0 radical (unpaired) electrons. The van der Waals surface area contributed by atoms with Crippen LogP contribution in [-0.4, -0.2) is 126 Å². The van der Waals surface area contributed by atoms with Crippen LogP contribution in [0.1, 0.15) is 24.8 Å². The van der Waals surface area contributed by atoms with Gasteiger partial charge in [-0.15, -0.1) is 0 Å². The van der Waals surface area contributed by atoms with E-state index in [1.54, 1.807) is 0 Å². The van der Waals surface area contributed by atoms with Crippen LogP contribution < -0.4 is 3.58 Å². The molecule has 0 saturated carbocycles. The van der Waals surface area contributed by atoms with Crippen molar-refractivity contribution in [3.63, 3.8) is 0 Å². The molecule has 0 aliphatic heterocycles. The van der Waals surface area contributed by atoms with Gasteiger partial charge >= 0.3 is 374 Å². The molecule has 0 unspecified atom stereocenters. The molecule has 0 aromatic heterocycles. The van der Waals surface area contributed by atoms with Gasteiger partial charge in [0, 0.05) is 0 Å². The summed E-state index contributed by atoms with van der Waals surface area (Å²) in [6.07, 6.45) is -36.7. The first-order valence-corrected chi connectivity index (χ1v) is 24.8. The fourth-order valence-electron chi connectivity index (χ4n) is 5.77. The van der Waals surface area contributed by atoms with Crippen molar-refractivity contribution in [3.8, 4) is 6.07 Å². The number of rotatable bonds is 22. The number of nitrogens with zero attached hydrogens (tertiary/aromatic N) is 1. The van der Waals surface area contributed by atoms with Gasteiger partial charge in [-0.3, -0.25) is 0 Å². The fraction of sp³-hybridized carbons (Fsp3) is 0.774. The fourth-order valence-corrected chi connectivity index (χ4v) is 19.7. The van der Waals surface area contributed by atoms with E-state index in [4.69, 9.17) is 5.26 Å². The maximum atomic E-state index is 15.1. The van der Waals surface area contributed by atoms with Crippen LogP contribution in [0, 0.1) is 11.3 Å². The van der Waals surface area contributed by atoms with Gasteiger partial charge in [0.15, 0.2) is 0 Å². The van der Waals surface area contributed by atoms with Gasteiger partial charge in [0.1, 0.15) is 0 Å². The Morgan fingerprint density at radius 3 is 0.625 bits per heavy atom. The molecule has 1 aromatic rings. The number of hydrogen-bond donors (Lipinski definition) is 0. The Morgan fingerprint density at radius 1 is 0.278 bits per heavy atom. The van der Waals surface area contributed by atoms with Gasteiger partial charge in [0.25, 0.3) is 0 Å². The Balaban J connectivity index is 4.49. The molecule has 72 heavy (non-hydrogen) atoms. The van der Waals surface area contributed by atoms with Crippen molar-refractivity contribution < 1.29 is 171 Å². The molecule has 41 heteroatoms. The first-order chi connectivity index (χ1) is 30.9. The second kappa shape index (κ2) is 18.5. The molecule has 0 atom stereocenters. The van der Waals surface area contributed by atoms with E-state index < -0.39 is 167 Å². The summed E-state index contributed by atoms with van der Waals surface area (Å²) in [5, 5.41) is 8.93. The molecule has 1 aromatic carbocycles. The van der Waals surface area contributed by atoms with Crippen molar-refractivity contribution in [2.45, 2.75) is 140 Å². The molecule has 0 aliphatic rings. The number of halogens is 39. The van der Waals surface area contributed by atoms with Crippen LogP contribution >= 0.6 is 0 Å². The molecule has 0 aliphatic carbocycles. The zero-order valence-electron chi connectivity index (χ0n) is 32.7. The van der Waals surface area contributed by atoms with Crippen LogP contribution in [0.25, 0.3) is 0 Å². The molecular weight excluding hydrogens is 1250 g/mol. The predicted molar refractivity (Wildman–Crippen MR) is 157 cm³/mol. The van der Waals surface area contributed by atoms with Crippen molar-refractivity contribution in [2.24, 2.45) is 0 Å². The third kappa shape index (κ3) is 9.91. The average Bonchev–Trinajstić information content (AvgIpc) is 3.18. The number of hydrogen-bond acceptors (Lipinski definition) is 1. The Kier molecular flexibility index (Phi) is 17.2. The molecule has 1 nitrogen and oxygen atoms in total. The van der Waals surface area contributed by atoms with Crippen LogP contribution in [0.2, 0.25) is 13.3 Å². The zero-order chi connectivity index (χ0) is 58.4. The molecule has 0 heterocycles. The molecule has 0 amide bonds. The van der Waals surface area contributed by atoms with Crippen LogP contribution in [0.3, 0.4) is 0 Å². The summed E-state index contributed by atoms with van der Waals surface area (Å²) in [4.78, 5) is 0. The third-order valence-electron chi connectivity index (χ3n) is 10.4. The summed E-state index contributed by atoms with van der Waals surface area (Å²) in [6, 6.07) is 0.264. The second-order valence-electron chi connectivity index (χ2n) is 15.0. The monoisotopic (exact) mass is 1260 g/mol. The van der Waals surface area contributed by atoms with Gasteiger partial charge in [-0.25, -0.2) is 0 Å². The molecule has 0 spiro atoms. The minimum absolute atomic E-state index is 0.0526. The van der Waals surface area contributed by atoms with E-state index in [0.29, 0.717) is 0 Å². The summed E-state index contributed by atoms with van der Waals surface area (Å²) in [5.74, 6) is -128. The van der Waals surface area contributed by atoms with Crippen molar-refractivity contribution in [1.29, 1.82) is 5.26 Å². The van der Waals surface area contributed by atoms with Gasteiger partial charge in [0.05, 0.1) is 0 Å². The van der Waals surface area contributed by atoms with Crippen LogP contribution in [0.4, 0.5) is 171 Å². The van der Waals surface area contributed by atoms with Crippen LogP contribution in [0.15, 0.2) is 24.3 Å². The number of alkyl halides is 39.